The van der Waals surface area contributed by atoms with Gasteiger partial charge in [-0.1, -0.05) is 157 Å². The van der Waals surface area contributed by atoms with Gasteiger partial charge in [0, 0.05) is 0 Å². The molecule has 0 heterocycles. The summed E-state index contributed by atoms with van der Waals surface area (Å²) in [5.74, 6) is 0. The number of hydrogen-bond acceptors (Lipinski definition) is 0. The standard InChI is InChI=1S/C27H43/c1-3-5-7-9-11-13-15-17-19-21-23-25-27-26-24-22-20-18-16-14-12-10-8-6-4-2/h1,3,5,7,9,11,13,15,17,19,21,23H,4,6,8,10,12,14,16,18,20,22,24-27H2,2H3. The fourth-order valence-corrected chi connectivity index (χ4v) is 2.97. The van der Waals surface area contributed by atoms with Gasteiger partial charge in [0.1, 0.15) is 0 Å². The van der Waals surface area contributed by atoms with Crippen LogP contribution in [-0.2, 0) is 0 Å². The molecule has 0 aromatic carbocycles. The van der Waals surface area contributed by atoms with Gasteiger partial charge in [-0.3, -0.25) is 0 Å². The van der Waals surface area contributed by atoms with E-state index >= 15 is 0 Å². The molecule has 0 aliphatic carbocycles. The van der Waals surface area contributed by atoms with Crippen LogP contribution in [0.4, 0.5) is 0 Å². The van der Waals surface area contributed by atoms with Crippen molar-refractivity contribution in [1.29, 1.82) is 0 Å². The minimum absolute atomic E-state index is 1.20. The van der Waals surface area contributed by atoms with Crippen LogP contribution in [0.5, 0.6) is 0 Å². The molecular weight excluding hydrogens is 324 g/mol. The first-order chi connectivity index (χ1) is 13.4. The quantitative estimate of drug-likeness (QED) is 0.158. The SMILES string of the molecule is [CH]=CC=CC=CC=CC=CC=CCCCCCCCCCCCCCCC. The summed E-state index contributed by atoms with van der Waals surface area (Å²) < 4.78 is 0. The van der Waals surface area contributed by atoms with Gasteiger partial charge in [-0.15, -0.1) is 0 Å². The van der Waals surface area contributed by atoms with Crippen LogP contribution in [0.25, 0.3) is 0 Å². The van der Waals surface area contributed by atoms with E-state index in [1.54, 1.807) is 6.08 Å². The van der Waals surface area contributed by atoms with E-state index in [0.29, 0.717) is 0 Å². The Balaban J connectivity index is 3.29. The topological polar surface area (TPSA) is 0 Å². The predicted molar refractivity (Wildman–Crippen MR) is 125 cm³/mol. The van der Waals surface area contributed by atoms with Crippen LogP contribution in [0.15, 0.2) is 66.8 Å². The first-order valence-electron chi connectivity index (χ1n) is 11.3. The van der Waals surface area contributed by atoms with Gasteiger partial charge >= 0.3 is 0 Å². The van der Waals surface area contributed by atoms with Crippen molar-refractivity contribution in [2.24, 2.45) is 0 Å². The van der Waals surface area contributed by atoms with Crippen molar-refractivity contribution in [2.45, 2.75) is 96.8 Å². The molecule has 151 valence electrons. The molecule has 0 unspecified atom stereocenters. The lowest BCUT2D eigenvalue weighted by Crippen LogP contribution is -1.82. The van der Waals surface area contributed by atoms with E-state index in [2.05, 4.69) is 31.2 Å². The normalized spacial score (nSPS) is 12.6. The maximum atomic E-state index is 5.24. The minimum atomic E-state index is 1.20. The zero-order valence-corrected chi connectivity index (χ0v) is 17.8. The summed E-state index contributed by atoms with van der Waals surface area (Å²) in [6, 6.07) is 0. The van der Waals surface area contributed by atoms with E-state index in [4.69, 9.17) is 6.58 Å². The van der Waals surface area contributed by atoms with Crippen molar-refractivity contribution < 1.29 is 0 Å². The Kier molecular flexibility index (Phi) is 23.0. The van der Waals surface area contributed by atoms with Crippen LogP contribution in [-0.4, -0.2) is 0 Å². The zero-order valence-electron chi connectivity index (χ0n) is 17.8. The summed E-state index contributed by atoms with van der Waals surface area (Å²) >= 11 is 0. The second-order valence-electron chi connectivity index (χ2n) is 7.19. The molecule has 0 spiro atoms. The summed E-state index contributed by atoms with van der Waals surface area (Å²) in [4.78, 5) is 0. The Hall–Kier alpha value is -1.56. The Labute approximate surface area is 170 Å². The second-order valence-corrected chi connectivity index (χ2v) is 7.19. The molecule has 0 saturated heterocycles. The Morgan fingerprint density at radius 1 is 0.444 bits per heavy atom. The maximum Gasteiger partial charge on any atom is -0.0348 e. The zero-order chi connectivity index (χ0) is 19.7. The first kappa shape index (κ1) is 25.4. The minimum Gasteiger partial charge on any atom is -0.0845 e. The molecule has 0 amide bonds. The molecule has 0 N–H and O–H groups in total. The summed E-state index contributed by atoms with van der Waals surface area (Å²) in [6.45, 7) is 7.53. The molecule has 0 saturated carbocycles. The van der Waals surface area contributed by atoms with E-state index < -0.39 is 0 Å². The third-order valence-electron chi connectivity index (χ3n) is 4.61. The van der Waals surface area contributed by atoms with Crippen molar-refractivity contribution >= 4 is 0 Å². The molecule has 0 rings (SSSR count). The number of unbranched alkanes of at least 4 members (excludes halogenated alkanes) is 13. The molecule has 0 fully saturated rings. The summed E-state index contributed by atoms with van der Waals surface area (Å²) in [7, 11) is 0. The lowest BCUT2D eigenvalue weighted by molar-refractivity contribution is 0.540. The molecule has 0 heteroatoms. The molecule has 1 radical (unpaired) electrons. The van der Waals surface area contributed by atoms with Crippen LogP contribution in [0.2, 0.25) is 0 Å². The van der Waals surface area contributed by atoms with Crippen LogP contribution in [0.1, 0.15) is 96.8 Å². The highest BCUT2D eigenvalue weighted by molar-refractivity contribution is 5.18. The molecule has 0 nitrogen and oxygen atoms in total. The third-order valence-corrected chi connectivity index (χ3v) is 4.61. The van der Waals surface area contributed by atoms with Gasteiger partial charge in [-0.2, -0.15) is 0 Å². The van der Waals surface area contributed by atoms with E-state index in [9.17, 15) is 0 Å². The van der Waals surface area contributed by atoms with Gasteiger partial charge in [0.05, 0.1) is 0 Å². The van der Waals surface area contributed by atoms with E-state index in [1.165, 1.54) is 96.0 Å². The number of allylic oxidation sites excluding steroid dienone is 11. The van der Waals surface area contributed by atoms with Crippen molar-refractivity contribution in [3.8, 4) is 0 Å². The van der Waals surface area contributed by atoms with Crippen molar-refractivity contribution in [1.82, 2.24) is 0 Å². The highest BCUT2D eigenvalue weighted by Crippen LogP contribution is 2.12. The van der Waals surface area contributed by atoms with E-state index in [0.717, 1.165) is 0 Å². The van der Waals surface area contributed by atoms with Gasteiger partial charge in [-0.25, -0.2) is 0 Å². The van der Waals surface area contributed by atoms with Crippen LogP contribution in [0, 0.1) is 6.58 Å². The molecule has 0 atom stereocenters. The van der Waals surface area contributed by atoms with E-state index in [-0.39, 0.29) is 0 Å². The average Bonchev–Trinajstić information content (AvgIpc) is 2.68. The Morgan fingerprint density at radius 2 is 0.815 bits per heavy atom. The lowest BCUT2D eigenvalue weighted by Gasteiger charge is -2.02. The first-order valence-corrected chi connectivity index (χ1v) is 11.3. The monoisotopic (exact) mass is 367 g/mol. The Bertz CT molecular complexity index is 431. The summed E-state index contributed by atoms with van der Waals surface area (Å²) in [5, 5.41) is 0. The van der Waals surface area contributed by atoms with Gasteiger partial charge in [-0.05, 0) is 12.8 Å². The predicted octanol–water partition coefficient (Wildman–Crippen LogP) is 9.24. The van der Waals surface area contributed by atoms with Crippen LogP contribution >= 0.6 is 0 Å². The summed E-state index contributed by atoms with van der Waals surface area (Å²) in [6.07, 6.45) is 41.5. The fourth-order valence-electron chi connectivity index (χ4n) is 2.97. The number of rotatable bonds is 19. The molecule has 0 aromatic heterocycles. The van der Waals surface area contributed by atoms with Gasteiger partial charge < -0.3 is 0 Å². The lowest BCUT2D eigenvalue weighted by atomic mass is 10.0. The second kappa shape index (κ2) is 24.4. The highest BCUT2D eigenvalue weighted by atomic mass is 14.0. The average molecular weight is 368 g/mol. The molecule has 0 aromatic rings. The largest absolute Gasteiger partial charge is 0.0845 e. The Morgan fingerprint density at radius 3 is 1.26 bits per heavy atom. The van der Waals surface area contributed by atoms with Crippen molar-refractivity contribution in [3.05, 3.63) is 73.4 Å². The summed E-state index contributed by atoms with van der Waals surface area (Å²) in [5.41, 5.74) is 0. The fraction of sp³-hybridized carbons (Fsp3) is 0.556. The molecule has 0 aliphatic rings. The molecule has 0 bridgehead atoms. The van der Waals surface area contributed by atoms with Crippen molar-refractivity contribution in [3.63, 3.8) is 0 Å². The van der Waals surface area contributed by atoms with Gasteiger partial charge in [0.15, 0.2) is 0 Å². The van der Waals surface area contributed by atoms with Crippen LogP contribution in [0.3, 0.4) is 0 Å². The highest BCUT2D eigenvalue weighted by Gasteiger charge is 1.93. The maximum absolute atomic E-state index is 5.24. The third kappa shape index (κ3) is 24.4. The smallest absolute Gasteiger partial charge is 0.0348 e. The van der Waals surface area contributed by atoms with Gasteiger partial charge in [0.25, 0.3) is 0 Å². The molecule has 0 aliphatic heterocycles. The molecule has 27 heavy (non-hydrogen) atoms. The van der Waals surface area contributed by atoms with Gasteiger partial charge in [0.2, 0.25) is 0 Å². The number of hydrogen-bond donors (Lipinski definition) is 0. The molecular formula is C27H43. The van der Waals surface area contributed by atoms with E-state index in [1.807, 2.05) is 30.4 Å². The van der Waals surface area contributed by atoms with Crippen LogP contribution < -0.4 is 0 Å². The van der Waals surface area contributed by atoms with Crippen molar-refractivity contribution in [2.75, 3.05) is 0 Å².